The number of rotatable bonds is 10. The summed E-state index contributed by atoms with van der Waals surface area (Å²) in [5.74, 6) is -1.14. The minimum Gasteiger partial charge on any atom is -0.455 e. The number of aromatic nitrogens is 2. The number of nitrogens with zero attached hydrogens (tertiary/aromatic N) is 2. The summed E-state index contributed by atoms with van der Waals surface area (Å²) in [6.07, 6.45) is 4.09. The number of amides is 1. The van der Waals surface area contributed by atoms with Crippen LogP contribution in [-0.4, -0.2) is 34.6 Å². The van der Waals surface area contributed by atoms with Gasteiger partial charge in [0.1, 0.15) is 5.82 Å². The summed E-state index contributed by atoms with van der Waals surface area (Å²) in [6.45, 7) is 3.77. The first-order valence-corrected chi connectivity index (χ1v) is 12.0. The van der Waals surface area contributed by atoms with Gasteiger partial charge in [-0.1, -0.05) is 50.4 Å². The van der Waals surface area contributed by atoms with Gasteiger partial charge in [0.05, 0.1) is 5.41 Å². The van der Waals surface area contributed by atoms with E-state index in [0.717, 1.165) is 18.4 Å². The molecule has 0 saturated heterocycles. The molecule has 10 heteroatoms. The van der Waals surface area contributed by atoms with Gasteiger partial charge in [0, 0.05) is 18.1 Å². The number of hydrogen-bond donors (Lipinski definition) is 2. The van der Waals surface area contributed by atoms with Crippen molar-refractivity contribution >= 4 is 35.0 Å². The molecule has 1 heterocycles. The van der Waals surface area contributed by atoms with Crippen molar-refractivity contribution in [2.75, 3.05) is 23.8 Å². The van der Waals surface area contributed by atoms with Gasteiger partial charge in [-0.05, 0) is 43.4 Å². The van der Waals surface area contributed by atoms with Crippen LogP contribution in [0, 0.1) is 0 Å². The van der Waals surface area contributed by atoms with Crippen molar-refractivity contribution in [3.63, 3.8) is 0 Å². The molecule has 1 aromatic heterocycles. The quantitative estimate of drug-likeness (QED) is 0.493. The van der Waals surface area contributed by atoms with E-state index >= 15 is 0 Å². The smallest absolute Gasteiger partial charge is 0.330 e. The number of hydrogen-bond acceptors (Lipinski definition) is 6. The molecule has 0 atom stereocenters. The zero-order valence-electron chi connectivity index (χ0n) is 19.6. The van der Waals surface area contributed by atoms with E-state index in [9.17, 15) is 19.2 Å². The molecule has 1 amide bonds. The molecule has 34 heavy (non-hydrogen) atoms. The lowest BCUT2D eigenvalue weighted by Crippen LogP contribution is -2.46. The summed E-state index contributed by atoms with van der Waals surface area (Å²) >= 11 is 5.98. The van der Waals surface area contributed by atoms with E-state index in [-0.39, 0.29) is 18.1 Å². The van der Waals surface area contributed by atoms with E-state index in [1.165, 1.54) is 9.47 Å². The minimum absolute atomic E-state index is 0.0805. The number of H-pyrrole nitrogens is 1. The Balaban J connectivity index is 1.84. The molecule has 3 N–H and O–H groups in total. The SMILES string of the molecule is CCCCN(C(=O)COC(=O)C1(c2ccc(Cl)cc2)CCC1)c1c(N)n(CCC)c(=O)[nH]c1=O. The molecule has 1 aliphatic rings. The molecule has 9 nitrogen and oxygen atoms in total. The van der Waals surface area contributed by atoms with Crippen LogP contribution in [0.15, 0.2) is 33.9 Å². The van der Waals surface area contributed by atoms with Crippen LogP contribution in [0.25, 0.3) is 0 Å². The summed E-state index contributed by atoms with van der Waals surface area (Å²) in [7, 11) is 0. The highest BCUT2D eigenvalue weighted by Crippen LogP contribution is 2.45. The largest absolute Gasteiger partial charge is 0.455 e. The number of halogens is 1. The highest BCUT2D eigenvalue weighted by atomic mass is 35.5. The topological polar surface area (TPSA) is 127 Å². The number of anilines is 2. The molecule has 1 fully saturated rings. The number of benzene rings is 1. The summed E-state index contributed by atoms with van der Waals surface area (Å²) in [6, 6.07) is 7.05. The first-order valence-electron chi connectivity index (χ1n) is 11.6. The van der Waals surface area contributed by atoms with E-state index in [0.29, 0.717) is 37.3 Å². The first-order chi connectivity index (χ1) is 16.2. The van der Waals surface area contributed by atoms with Crippen molar-refractivity contribution in [2.45, 2.75) is 64.3 Å². The normalized spacial score (nSPS) is 14.3. The third-order valence-electron chi connectivity index (χ3n) is 6.29. The fraction of sp³-hybridized carbons (Fsp3) is 0.500. The van der Waals surface area contributed by atoms with Crippen LogP contribution in [0.1, 0.15) is 57.9 Å². The average Bonchev–Trinajstić information content (AvgIpc) is 2.77. The van der Waals surface area contributed by atoms with E-state index in [1.807, 2.05) is 13.8 Å². The van der Waals surface area contributed by atoms with Crippen molar-refractivity contribution in [3.05, 3.63) is 55.7 Å². The lowest BCUT2D eigenvalue weighted by Gasteiger charge is -2.39. The Morgan fingerprint density at radius 3 is 2.41 bits per heavy atom. The Bertz CT molecular complexity index is 1150. The molecule has 0 radical (unpaired) electrons. The molecule has 2 aromatic rings. The van der Waals surface area contributed by atoms with E-state index in [1.54, 1.807) is 24.3 Å². The van der Waals surface area contributed by atoms with Crippen molar-refractivity contribution in [2.24, 2.45) is 0 Å². The second-order valence-corrected chi connectivity index (χ2v) is 9.00. The van der Waals surface area contributed by atoms with Crippen LogP contribution in [0.2, 0.25) is 5.02 Å². The number of nitrogens with two attached hydrogens (primary N) is 1. The van der Waals surface area contributed by atoms with Crippen molar-refractivity contribution in [3.8, 4) is 0 Å². The maximum Gasteiger partial charge on any atom is 0.330 e. The van der Waals surface area contributed by atoms with Gasteiger partial charge < -0.3 is 15.4 Å². The molecule has 1 aromatic carbocycles. The summed E-state index contributed by atoms with van der Waals surface area (Å²) in [5, 5.41) is 0.570. The second-order valence-electron chi connectivity index (χ2n) is 8.56. The van der Waals surface area contributed by atoms with Gasteiger partial charge in [-0.25, -0.2) is 4.79 Å². The number of ether oxygens (including phenoxy) is 1. The summed E-state index contributed by atoms with van der Waals surface area (Å²) < 4.78 is 6.71. The van der Waals surface area contributed by atoms with Crippen molar-refractivity contribution in [1.29, 1.82) is 0 Å². The number of nitrogen functional groups attached to an aromatic ring is 1. The number of aromatic amines is 1. The molecular formula is C24H31ClN4O5. The third-order valence-corrected chi connectivity index (χ3v) is 6.54. The lowest BCUT2D eigenvalue weighted by atomic mass is 9.64. The molecule has 184 valence electrons. The Morgan fingerprint density at radius 2 is 1.85 bits per heavy atom. The Morgan fingerprint density at radius 1 is 1.18 bits per heavy atom. The highest BCUT2D eigenvalue weighted by molar-refractivity contribution is 6.30. The molecule has 0 unspecified atom stereocenters. The fourth-order valence-electron chi connectivity index (χ4n) is 4.21. The molecule has 0 aliphatic heterocycles. The van der Waals surface area contributed by atoms with Gasteiger partial charge in [0.25, 0.3) is 11.5 Å². The Kier molecular flexibility index (Phi) is 8.19. The molecule has 3 rings (SSSR count). The zero-order valence-corrected chi connectivity index (χ0v) is 20.3. The average molecular weight is 491 g/mol. The number of carbonyl (C=O) groups excluding carboxylic acids is 2. The van der Waals surface area contributed by atoms with Crippen LogP contribution in [0.3, 0.4) is 0 Å². The molecular weight excluding hydrogens is 460 g/mol. The van der Waals surface area contributed by atoms with E-state index < -0.39 is 35.1 Å². The molecule has 1 aliphatic carbocycles. The van der Waals surface area contributed by atoms with Crippen LogP contribution in [0.4, 0.5) is 11.5 Å². The first kappa shape index (κ1) is 25.6. The summed E-state index contributed by atoms with van der Waals surface area (Å²) in [4.78, 5) is 54.5. The molecule has 0 bridgehead atoms. The van der Waals surface area contributed by atoms with Gasteiger partial charge in [0.2, 0.25) is 0 Å². The van der Waals surface area contributed by atoms with Crippen LogP contribution >= 0.6 is 11.6 Å². The number of carbonyl (C=O) groups is 2. The maximum absolute atomic E-state index is 13.2. The monoisotopic (exact) mass is 490 g/mol. The van der Waals surface area contributed by atoms with Crippen LogP contribution in [-0.2, 0) is 26.3 Å². The standard InChI is InChI=1S/C24H31ClN4O5/c1-3-5-14-28(19-20(26)29(13-4-2)23(33)27-21(19)31)18(30)15-34-22(32)24(11-6-12-24)16-7-9-17(25)10-8-16/h7-10H,3-6,11-15,26H2,1-2H3,(H,27,31,33). The maximum atomic E-state index is 13.2. The van der Waals surface area contributed by atoms with Gasteiger partial charge >= 0.3 is 11.7 Å². The number of esters is 1. The molecule has 0 spiro atoms. The van der Waals surface area contributed by atoms with Gasteiger partial charge in [0.15, 0.2) is 12.3 Å². The zero-order chi connectivity index (χ0) is 24.9. The minimum atomic E-state index is -0.802. The third kappa shape index (κ3) is 5.04. The van der Waals surface area contributed by atoms with Crippen molar-refractivity contribution in [1.82, 2.24) is 9.55 Å². The van der Waals surface area contributed by atoms with E-state index in [2.05, 4.69) is 4.98 Å². The van der Waals surface area contributed by atoms with Crippen molar-refractivity contribution < 1.29 is 14.3 Å². The summed E-state index contributed by atoms with van der Waals surface area (Å²) in [5.41, 5.74) is 4.68. The Hall–Kier alpha value is -3.07. The van der Waals surface area contributed by atoms with Gasteiger partial charge in [-0.2, -0.15) is 0 Å². The van der Waals surface area contributed by atoms with Gasteiger partial charge in [-0.15, -0.1) is 0 Å². The number of nitrogens with one attached hydrogen (secondary N) is 1. The number of unbranched alkanes of at least 4 members (excludes halogenated alkanes) is 1. The van der Waals surface area contributed by atoms with E-state index in [4.69, 9.17) is 22.1 Å². The Labute approximate surface area is 202 Å². The van der Waals surface area contributed by atoms with Gasteiger partial charge in [-0.3, -0.25) is 23.9 Å². The second kappa shape index (κ2) is 10.9. The lowest BCUT2D eigenvalue weighted by molar-refractivity contribution is -0.157. The predicted octanol–water partition coefficient (Wildman–Crippen LogP) is 2.98. The molecule has 1 saturated carbocycles. The highest BCUT2D eigenvalue weighted by Gasteiger charge is 2.47. The van der Waals surface area contributed by atoms with Crippen LogP contribution in [0.5, 0.6) is 0 Å². The fourth-order valence-corrected chi connectivity index (χ4v) is 4.34. The van der Waals surface area contributed by atoms with Crippen LogP contribution < -0.4 is 21.9 Å². The predicted molar refractivity (Wildman–Crippen MR) is 131 cm³/mol.